The molecule has 34 heavy (non-hydrogen) atoms. The van der Waals surface area contributed by atoms with E-state index in [1.807, 2.05) is 6.07 Å². The maximum atomic E-state index is 13.5. The Balaban J connectivity index is 1.40. The van der Waals surface area contributed by atoms with Gasteiger partial charge >= 0.3 is 0 Å². The van der Waals surface area contributed by atoms with E-state index < -0.39 is 0 Å². The number of pyridine rings is 2. The number of aliphatic hydroxyl groups excluding tert-OH is 1. The lowest BCUT2D eigenvalue weighted by Crippen LogP contribution is -2.27. The number of rotatable bonds is 7. The summed E-state index contributed by atoms with van der Waals surface area (Å²) in [6.45, 7) is 0.246. The van der Waals surface area contributed by atoms with Crippen molar-refractivity contribution in [3.63, 3.8) is 0 Å². The van der Waals surface area contributed by atoms with Gasteiger partial charge in [-0.1, -0.05) is 11.6 Å². The summed E-state index contributed by atoms with van der Waals surface area (Å²) >= 11 is 6.51. The number of ketones is 1. The number of halogens is 1. The predicted molar refractivity (Wildman–Crippen MR) is 132 cm³/mol. The molecule has 0 bridgehead atoms. The molecule has 3 aromatic heterocycles. The van der Waals surface area contributed by atoms with Crippen LogP contribution in [0.15, 0.2) is 61.2 Å². The van der Waals surface area contributed by atoms with E-state index in [9.17, 15) is 9.90 Å². The third-order valence-corrected chi connectivity index (χ3v) is 6.67. The fraction of sp³-hybridized carbons (Fsp3) is 0.269. The first-order valence-electron chi connectivity index (χ1n) is 11.4. The molecular weight excluding hydrogens is 452 g/mol. The summed E-state index contributed by atoms with van der Waals surface area (Å²) in [6.07, 6.45) is 10.6. The van der Waals surface area contributed by atoms with Gasteiger partial charge in [0.1, 0.15) is 17.1 Å². The van der Waals surface area contributed by atoms with Crippen LogP contribution in [0.3, 0.4) is 0 Å². The second-order valence-corrected chi connectivity index (χ2v) is 8.99. The second-order valence-electron chi connectivity index (χ2n) is 8.58. The third kappa shape index (κ3) is 4.62. The number of nitrogens with zero attached hydrogens (tertiary/aromatic N) is 2. The number of hydrogen-bond acceptors (Lipinski definition) is 6. The number of aromatic nitrogens is 3. The summed E-state index contributed by atoms with van der Waals surface area (Å²) in [5, 5.41) is 14.1. The third-order valence-electron chi connectivity index (χ3n) is 6.35. The number of hydrogen-bond donors (Lipinski definition) is 3. The fourth-order valence-corrected chi connectivity index (χ4v) is 4.75. The van der Waals surface area contributed by atoms with Crippen molar-refractivity contribution in [1.29, 1.82) is 0 Å². The zero-order valence-corrected chi connectivity index (χ0v) is 19.3. The minimum atomic E-state index is -0.188. The molecular formula is C26H25ClN4O3. The van der Waals surface area contributed by atoms with Gasteiger partial charge in [-0.05, 0) is 61.9 Å². The normalized spacial score (nSPS) is 18.1. The van der Waals surface area contributed by atoms with Crippen molar-refractivity contribution in [1.82, 2.24) is 15.0 Å². The van der Waals surface area contributed by atoms with Gasteiger partial charge in [0.25, 0.3) is 0 Å². The molecule has 1 saturated carbocycles. The van der Waals surface area contributed by atoms with Crippen molar-refractivity contribution in [2.75, 3.05) is 11.9 Å². The number of fused-ring (bicyclic) bond motifs is 1. The van der Waals surface area contributed by atoms with Crippen LogP contribution in [0.2, 0.25) is 5.02 Å². The molecule has 0 radical (unpaired) electrons. The Kier molecular flexibility index (Phi) is 6.47. The van der Waals surface area contributed by atoms with E-state index in [2.05, 4.69) is 20.3 Å². The number of benzene rings is 1. The predicted octanol–water partition coefficient (Wildman–Crippen LogP) is 5.60. The molecule has 5 rings (SSSR count). The topological polar surface area (TPSA) is 100 Å². The lowest BCUT2D eigenvalue weighted by Gasteiger charge is -2.29. The van der Waals surface area contributed by atoms with Crippen LogP contribution in [0.5, 0.6) is 11.5 Å². The lowest BCUT2D eigenvalue weighted by atomic mass is 9.86. The van der Waals surface area contributed by atoms with E-state index >= 15 is 0 Å². The van der Waals surface area contributed by atoms with E-state index in [0.717, 1.165) is 36.8 Å². The van der Waals surface area contributed by atoms with Gasteiger partial charge in [-0.3, -0.25) is 9.78 Å². The van der Waals surface area contributed by atoms with Crippen molar-refractivity contribution < 1.29 is 14.6 Å². The largest absolute Gasteiger partial charge is 0.457 e. The number of nitrogens with one attached hydrogen (secondary N) is 2. The smallest absolute Gasteiger partial charge is 0.196 e. The molecule has 174 valence electrons. The van der Waals surface area contributed by atoms with Crippen LogP contribution in [-0.2, 0) is 0 Å². The average Bonchev–Trinajstić information content (AvgIpc) is 3.30. The summed E-state index contributed by atoms with van der Waals surface area (Å²) < 4.78 is 5.80. The highest BCUT2D eigenvalue weighted by Crippen LogP contribution is 2.33. The Morgan fingerprint density at radius 1 is 1.06 bits per heavy atom. The van der Waals surface area contributed by atoms with Gasteiger partial charge in [0.05, 0.1) is 16.0 Å². The van der Waals surface area contributed by atoms with Crippen molar-refractivity contribution in [2.45, 2.75) is 31.7 Å². The molecule has 0 aliphatic heterocycles. The van der Waals surface area contributed by atoms with Gasteiger partial charge in [-0.2, -0.15) is 0 Å². The zero-order chi connectivity index (χ0) is 23.5. The second kappa shape index (κ2) is 9.83. The monoisotopic (exact) mass is 476 g/mol. The number of aliphatic hydroxyl groups is 1. The maximum Gasteiger partial charge on any atom is 0.196 e. The van der Waals surface area contributed by atoms with Crippen LogP contribution < -0.4 is 10.1 Å². The minimum absolute atomic E-state index is 0.188. The summed E-state index contributed by atoms with van der Waals surface area (Å²) in [5.41, 5.74) is 2.42. The molecule has 3 heterocycles. The zero-order valence-electron chi connectivity index (χ0n) is 18.5. The standard InChI is InChI=1S/C26H25ClN4O3/c27-22-13-19(34-18-7-10-28-11-8-18)5-6-20(22)25(33)21-14-30-26-24(21)23(9-12-29-26)31-17-3-1-16(15-32)2-4-17/h5-14,16-17,32H,1-4,15H2,(H2,29,30,31)/t16-,17+. The van der Waals surface area contributed by atoms with Crippen molar-refractivity contribution in [3.8, 4) is 11.5 Å². The Hall–Kier alpha value is -3.42. The van der Waals surface area contributed by atoms with Crippen LogP contribution in [0.25, 0.3) is 11.0 Å². The van der Waals surface area contributed by atoms with E-state index in [4.69, 9.17) is 16.3 Å². The fourth-order valence-electron chi connectivity index (χ4n) is 4.50. The molecule has 8 heteroatoms. The first kappa shape index (κ1) is 22.4. The summed E-state index contributed by atoms with van der Waals surface area (Å²) in [7, 11) is 0. The van der Waals surface area contributed by atoms with Gasteiger partial charge in [-0.15, -0.1) is 0 Å². The highest BCUT2D eigenvalue weighted by molar-refractivity contribution is 6.35. The molecule has 1 aliphatic carbocycles. The van der Waals surface area contributed by atoms with Gasteiger partial charge < -0.3 is 20.1 Å². The number of carbonyl (C=O) groups is 1. The van der Waals surface area contributed by atoms with Crippen molar-refractivity contribution >= 4 is 34.1 Å². The highest BCUT2D eigenvalue weighted by Gasteiger charge is 2.24. The molecule has 7 nitrogen and oxygen atoms in total. The van der Waals surface area contributed by atoms with Crippen LogP contribution >= 0.6 is 11.6 Å². The van der Waals surface area contributed by atoms with Crippen LogP contribution in [0.1, 0.15) is 41.6 Å². The van der Waals surface area contributed by atoms with E-state index in [1.165, 1.54) is 0 Å². The molecule has 1 aliphatic rings. The van der Waals surface area contributed by atoms with Gasteiger partial charge in [-0.25, -0.2) is 4.98 Å². The molecule has 3 N–H and O–H groups in total. The molecule has 0 atom stereocenters. The number of H-pyrrole nitrogens is 1. The molecule has 4 aromatic rings. The Morgan fingerprint density at radius 2 is 1.85 bits per heavy atom. The number of carbonyl (C=O) groups excluding carboxylic acids is 1. The Morgan fingerprint density at radius 3 is 2.59 bits per heavy atom. The van der Waals surface area contributed by atoms with Gasteiger partial charge in [0, 0.05) is 54.8 Å². The van der Waals surface area contributed by atoms with Gasteiger partial charge in [0.15, 0.2) is 5.78 Å². The van der Waals surface area contributed by atoms with E-state index in [1.54, 1.807) is 55.1 Å². The first-order chi connectivity index (χ1) is 16.6. The van der Waals surface area contributed by atoms with E-state index in [-0.39, 0.29) is 12.4 Å². The highest BCUT2D eigenvalue weighted by atomic mass is 35.5. The molecule has 1 fully saturated rings. The number of aromatic amines is 1. The molecule has 0 saturated heterocycles. The Bertz CT molecular complexity index is 1300. The van der Waals surface area contributed by atoms with Crippen LogP contribution in [-0.4, -0.2) is 38.5 Å². The summed E-state index contributed by atoms with van der Waals surface area (Å²) in [6, 6.07) is 10.7. The molecule has 1 aromatic carbocycles. The quantitative estimate of drug-likeness (QED) is 0.300. The first-order valence-corrected chi connectivity index (χ1v) is 11.8. The number of anilines is 1. The van der Waals surface area contributed by atoms with E-state index in [0.29, 0.717) is 45.3 Å². The van der Waals surface area contributed by atoms with Crippen LogP contribution in [0.4, 0.5) is 5.69 Å². The average molecular weight is 477 g/mol. The molecule has 0 spiro atoms. The summed E-state index contributed by atoms with van der Waals surface area (Å²) in [5.74, 6) is 1.37. The van der Waals surface area contributed by atoms with Gasteiger partial charge in [0.2, 0.25) is 0 Å². The summed E-state index contributed by atoms with van der Waals surface area (Å²) in [4.78, 5) is 25.0. The lowest BCUT2D eigenvalue weighted by molar-refractivity contribution is 0.104. The molecule has 0 unspecified atom stereocenters. The maximum absolute atomic E-state index is 13.5. The number of ether oxygens (including phenoxy) is 1. The van der Waals surface area contributed by atoms with Crippen molar-refractivity contribution in [3.05, 3.63) is 77.3 Å². The van der Waals surface area contributed by atoms with Crippen LogP contribution in [0, 0.1) is 5.92 Å². The SMILES string of the molecule is O=C(c1ccc(Oc2ccncc2)cc1Cl)c1c[nH]c2nccc(N[C@H]3CC[C@@H](CO)CC3)c12. The Labute approximate surface area is 202 Å². The molecule has 0 amide bonds. The van der Waals surface area contributed by atoms with Crippen molar-refractivity contribution in [2.24, 2.45) is 5.92 Å². The minimum Gasteiger partial charge on any atom is -0.457 e.